The first-order chi connectivity index (χ1) is 9.02. The van der Waals surface area contributed by atoms with Crippen molar-refractivity contribution < 1.29 is 0 Å². The number of anilines is 1. The lowest BCUT2D eigenvalue weighted by atomic mass is 9.84. The number of nitrogens with one attached hydrogen (secondary N) is 1. The summed E-state index contributed by atoms with van der Waals surface area (Å²) < 4.78 is 0. The molecule has 0 aromatic heterocycles. The quantitative estimate of drug-likeness (QED) is 0.894. The summed E-state index contributed by atoms with van der Waals surface area (Å²) in [6, 6.07) is 6.46. The second-order valence-corrected chi connectivity index (χ2v) is 6.66. The van der Waals surface area contributed by atoms with Gasteiger partial charge in [0.15, 0.2) is 0 Å². The topological polar surface area (TPSA) is 15.3 Å². The van der Waals surface area contributed by atoms with Crippen LogP contribution in [0.1, 0.15) is 39.2 Å². The molecule has 1 aromatic carbocycles. The van der Waals surface area contributed by atoms with Crippen molar-refractivity contribution in [1.29, 1.82) is 0 Å². The monoisotopic (exact) mass is 280 g/mol. The molecule has 0 saturated carbocycles. The van der Waals surface area contributed by atoms with Gasteiger partial charge in [0.05, 0.1) is 10.7 Å². The Morgan fingerprint density at radius 2 is 2.16 bits per heavy atom. The summed E-state index contributed by atoms with van der Waals surface area (Å²) in [6.07, 6.45) is 2.56. The van der Waals surface area contributed by atoms with Gasteiger partial charge in [-0.2, -0.15) is 0 Å². The molecule has 0 bridgehead atoms. The van der Waals surface area contributed by atoms with Gasteiger partial charge in [-0.3, -0.25) is 0 Å². The molecule has 1 saturated heterocycles. The molecule has 1 fully saturated rings. The van der Waals surface area contributed by atoms with E-state index in [0.717, 1.165) is 31.2 Å². The van der Waals surface area contributed by atoms with Gasteiger partial charge < -0.3 is 10.2 Å². The van der Waals surface area contributed by atoms with Crippen LogP contribution in [0.15, 0.2) is 18.2 Å². The second-order valence-electron chi connectivity index (χ2n) is 6.26. The molecule has 0 radical (unpaired) electrons. The summed E-state index contributed by atoms with van der Waals surface area (Å²) in [5, 5.41) is 4.21. The van der Waals surface area contributed by atoms with Crippen molar-refractivity contribution in [3.05, 3.63) is 28.8 Å². The summed E-state index contributed by atoms with van der Waals surface area (Å²) in [4.78, 5) is 2.43. The summed E-state index contributed by atoms with van der Waals surface area (Å²) in [5.74, 6) is 0. The van der Waals surface area contributed by atoms with Gasteiger partial charge in [0.1, 0.15) is 0 Å². The molecule has 1 N–H and O–H groups in total. The highest BCUT2D eigenvalue weighted by atomic mass is 35.5. The SMILES string of the molecule is CCNCc1ccc(N2CCCC(C)(C)C2)c(Cl)c1. The molecule has 1 aromatic rings. The van der Waals surface area contributed by atoms with Crippen LogP contribution < -0.4 is 10.2 Å². The highest BCUT2D eigenvalue weighted by molar-refractivity contribution is 6.33. The average Bonchev–Trinajstić information content (AvgIpc) is 2.35. The third kappa shape index (κ3) is 3.87. The summed E-state index contributed by atoms with van der Waals surface area (Å²) in [5.41, 5.74) is 2.84. The van der Waals surface area contributed by atoms with Gasteiger partial charge in [0.2, 0.25) is 0 Å². The van der Waals surface area contributed by atoms with Gasteiger partial charge in [0.25, 0.3) is 0 Å². The van der Waals surface area contributed by atoms with Gasteiger partial charge in [-0.25, -0.2) is 0 Å². The molecule has 106 valence electrons. The van der Waals surface area contributed by atoms with Crippen molar-refractivity contribution in [3.63, 3.8) is 0 Å². The average molecular weight is 281 g/mol. The van der Waals surface area contributed by atoms with E-state index < -0.39 is 0 Å². The van der Waals surface area contributed by atoms with E-state index in [1.54, 1.807) is 0 Å². The molecule has 1 aliphatic heterocycles. The van der Waals surface area contributed by atoms with Gasteiger partial charge >= 0.3 is 0 Å². The fourth-order valence-corrected chi connectivity index (χ4v) is 3.14. The molecule has 0 aliphatic carbocycles. The fraction of sp³-hybridized carbons (Fsp3) is 0.625. The lowest BCUT2D eigenvalue weighted by Gasteiger charge is -2.39. The van der Waals surface area contributed by atoms with E-state index in [-0.39, 0.29) is 0 Å². The van der Waals surface area contributed by atoms with Crippen LogP contribution in [-0.2, 0) is 6.54 Å². The van der Waals surface area contributed by atoms with E-state index in [0.29, 0.717) is 5.41 Å². The minimum atomic E-state index is 0.393. The molecule has 0 atom stereocenters. The largest absolute Gasteiger partial charge is 0.370 e. The van der Waals surface area contributed by atoms with Crippen molar-refractivity contribution in [2.24, 2.45) is 5.41 Å². The van der Waals surface area contributed by atoms with E-state index in [4.69, 9.17) is 11.6 Å². The van der Waals surface area contributed by atoms with Gasteiger partial charge in [-0.15, -0.1) is 0 Å². The normalized spacial score (nSPS) is 18.6. The fourth-order valence-electron chi connectivity index (χ4n) is 2.82. The Bertz CT molecular complexity index is 429. The molecule has 2 rings (SSSR count). The molecule has 1 aliphatic rings. The molecule has 19 heavy (non-hydrogen) atoms. The van der Waals surface area contributed by atoms with Crippen LogP contribution in [0, 0.1) is 5.41 Å². The van der Waals surface area contributed by atoms with Gasteiger partial charge in [-0.05, 0) is 42.5 Å². The number of hydrogen-bond acceptors (Lipinski definition) is 2. The number of rotatable bonds is 4. The number of piperidine rings is 1. The minimum absolute atomic E-state index is 0.393. The number of benzene rings is 1. The van der Waals surface area contributed by atoms with E-state index >= 15 is 0 Å². The first kappa shape index (κ1) is 14.7. The highest BCUT2D eigenvalue weighted by Crippen LogP contribution is 2.35. The predicted octanol–water partition coefficient (Wildman–Crippen LogP) is 4.08. The van der Waals surface area contributed by atoms with Crippen molar-refractivity contribution >= 4 is 17.3 Å². The molecule has 0 amide bonds. The highest BCUT2D eigenvalue weighted by Gasteiger charge is 2.27. The van der Waals surface area contributed by atoms with Crippen LogP contribution in [0.25, 0.3) is 0 Å². The van der Waals surface area contributed by atoms with Crippen molar-refractivity contribution in [1.82, 2.24) is 5.32 Å². The smallest absolute Gasteiger partial charge is 0.0642 e. The lowest BCUT2D eigenvalue weighted by molar-refractivity contribution is 0.293. The maximum atomic E-state index is 6.47. The van der Waals surface area contributed by atoms with Crippen molar-refractivity contribution in [2.45, 2.75) is 40.2 Å². The van der Waals surface area contributed by atoms with Crippen LogP contribution in [-0.4, -0.2) is 19.6 Å². The number of hydrogen-bond donors (Lipinski definition) is 1. The maximum absolute atomic E-state index is 6.47. The maximum Gasteiger partial charge on any atom is 0.0642 e. The molecular weight excluding hydrogens is 256 g/mol. The summed E-state index contributed by atoms with van der Waals surface area (Å²) >= 11 is 6.47. The number of halogens is 1. The Kier molecular flexibility index (Phi) is 4.75. The zero-order chi connectivity index (χ0) is 13.9. The Labute approximate surface area is 122 Å². The first-order valence-electron chi connectivity index (χ1n) is 7.26. The van der Waals surface area contributed by atoms with Crippen LogP contribution in [0.4, 0.5) is 5.69 Å². The third-order valence-electron chi connectivity index (χ3n) is 3.83. The van der Waals surface area contributed by atoms with Gasteiger partial charge in [0, 0.05) is 19.6 Å². The molecular formula is C16H25ClN2. The Hall–Kier alpha value is -0.730. The zero-order valence-corrected chi connectivity index (χ0v) is 13.1. The molecule has 0 unspecified atom stereocenters. The molecule has 3 heteroatoms. The Balaban J connectivity index is 2.12. The standard InChI is InChI=1S/C16H25ClN2/c1-4-18-11-13-6-7-15(14(17)10-13)19-9-5-8-16(2,3)12-19/h6-7,10,18H,4-5,8-9,11-12H2,1-3H3. The Morgan fingerprint density at radius 1 is 1.37 bits per heavy atom. The van der Waals surface area contributed by atoms with E-state index in [9.17, 15) is 0 Å². The summed E-state index contributed by atoms with van der Waals surface area (Å²) in [7, 11) is 0. The van der Waals surface area contributed by atoms with Crippen LogP contribution in [0.5, 0.6) is 0 Å². The number of nitrogens with zero attached hydrogens (tertiary/aromatic N) is 1. The summed E-state index contributed by atoms with van der Waals surface area (Å²) in [6.45, 7) is 10.9. The first-order valence-corrected chi connectivity index (χ1v) is 7.64. The van der Waals surface area contributed by atoms with Crippen LogP contribution in [0.2, 0.25) is 5.02 Å². The van der Waals surface area contributed by atoms with E-state index in [1.165, 1.54) is 24.1 Å². The Morgan fingerprint density at radius 3 is 2.79 bits per heavy atom. The van der Waals surface area contributed by atoms with Crippen molar-refractivity contribution in [3.8, 4) is 0 Å². The van der Waals surface area contributed by atoms with Crippen LogP contribution >= 0.6 is 11.6 Å². The van der Waals surface area contributed by atoms with E-state index in [2.05, 4.69) is 49.2 Å². The van der Waals surface area contributed by atoms with E-state index in [1.807, 2.05) is 0 Å². The van der Waals surface area contributed by atoms with Crippen molar-refractivity contribution in [2.75, 3.05) is 24.5 Å². The minimum Gasteiger partial charge on any atom is -0.370 e. The second kappa shape index (κ2) is 6.15. The lowest BCUT2D eigenvalue weighted by Crippen LogP contribution is -2.40. The predicted molar refractivity (Wildman–Crippen MR) is 84.1 cm³/mol. The molecule has 1 heterocycles. The zero-order valence-electron chi connectivity index (χ0n) is 12.3. The molecule has 2 nitrogen and oxygen atoms in total. The van der Waals surface area contributed by atoms with Crippen LogP contribution in [0.3, 0.4) is 0 Å². The third-order valence-corrected chi connectivity index (χ3v) is 4.14. The molecule has 0 spiro atoms. The van der Waals surface area contributed by atoms with Gasteiger partial charge in [-0.1, -0.05) is 38.4 Å².